The van der Waals surface area contributed by atoms with Gasteiger partial charge in [0.25, 0.3) is 0 Å². The maximum Gasteiger partial charge on any atom is 0.133 e. The first kappa shape index (κ1) is 9.34. The Morgan fingerprint density at radius 1 is 1.27 bits per heavy atom. The summed E-state index contributed by atoms with van der Waals surface area (Å²) in [4.78, 5) is 8.61. The zero-order valence-corrected chi connectivity index (χ0v) is 9.41. The molecule has 3 rings (SSSR count). The molecule has 0 aliphatic heterocycles. The summed E-state index contributed by atoms with van der Waals surface area (Å²) < 4.78 is 0. The molecule has 3 heteroatoms. The molecule has 0 saturated heterocycles. The third-order valence-electron chi connectivity index (χ3n) is 3.49. The molecule has 2 nitrogen and oxygen atoms in total. The van der Waals surface area contributed by atoms with Crippen molar-refractivity contribution in [3.8, 4) is 0 Å². The van der Waals surface area contributed by atoms with Crippen LogP contribution in [0.1, 0.15) is 30.3 Å². The Hall–Kier alpha value is -0.890. The Balaban J connectivity index is 1.96. The van der Waals surface area contributed by atoms with Gasteiger partial charge in [-0.25, -0.2) is 9.97 Å². The highest BCUT2D eigenvalue weighted by molar-refractivity contribution is 6.29. The van der Waals surface area contributed by atoms with Gasteiger partial charge in [-0.05, 0) is 37.7 Å². The monoisotopic (exact) mass is 220 g/mol. The third-order valence-corrected chi connectivity index (χ3v) is 3.68. The maximum atomic E-state index is 5.96. The van der Waals surface area contributed by atoms with Crippen molar-refractivity contribution < 1.29 is 0 Å². The number of aromatic nitrogens is 2. The molecule has 1 saturated carbocycles. The summed E-state index contributed by atoms with van der Waals surface area (Å²) >= 11 is 5.96. The summed E-state index contributed by atoms with van der Waals surface area (Å²) in [5, 5.41) is 0.573. The Labute approximate surface area is 94.4 Å². The van der Waals surface area contributed by atoms with E-state index < -0.39 is 0 Å². The normalized spacial score (nSPS) is 32.5. The lowest BCUT2D eigenvalue weighted by atomic mass is 9.90. The molecule has 78 valence electrons. The van der Waals surface area contributed by atoms with Crippen molar-refractivity contribution in [1.29, 1.82) is 0 Å². The lowest BCUT2D eigenvalue weighted by Gasteiger charge is -2.17. The average Bonchev–Trinajstić information content (AvgIpc) is 2.76. The highest BCUT2D eigenvalue weighted by atomic mass is 35.5. The molecule has 1 fully saturated rings. The van der Waals surface area contributed by atoms with Crippen molar-refractivity contribution in [1.82, 2.24) is 9.97 Å². The van der Waals surface area contributed by atoms with Gasteiger partial charge in [0.2, 0.25) is 0 Å². The molecule has 15 heavy (non-hydrogen) atoms. The van der Waals surface area contributed by atoms with Crippen LogP contribution in [0.25, 0.3) is 0 Å². The van der Waals surface area contributed by atoms with Gasteiger partial charge < -0.3 is 0 Å². The van der Waals surface area contributed by atoms with Gasteiger partial charge in [-0.3, -0.25) is 0 Å². The van der Waals surface area contributed by atoms with Crippen LogP contribution in [0, 0.1) is 18.8 Å². The molecule has 0 N–H and O–H groups in total. The molecule has 2 aliphatic carbocycles. The molecule has 0 amide bonds. The van der Waals surface area contributed by atoms with Crippen LogP contribution in [0.15, 0.2) is 18.2 Å². The van der Waals surface area contributed by atoms with Crippen molar-refractivity contribution in [2.24, 2.45) is 11.8 Å². The van der Waals surface area contributed by atoms with Gasteiger partial charge in [-0.2, -0.15) is 0 Å². The lowest BCUT2D eigenvalue weighted by molar-refractivity contribution is 0.567. The molecule has 2 bridgehead atoms. The summed E-state index contributed by atoms with van der Waals surface area (Å²) in [6.07, 6.45) is 7.21. The van der Waals surface area contributed by atoms with Crippen molar-refractivity contribution >= 4 is 11.6 Å². The SMILES string of the molecule is Cc1nc(Cl)cc([C@@H]2C[C@H]3C=C[C@H]2C3)n1. The van der Waals surface area contributed by atoms with Crippen LogP contribution < -0.4 is 0 Å². The van der Waals surface area contributed by atoms with Crippen LogP contribution in [-0.2, 0) is 0 Å². The Kier molecular flexibility index (Phi) is 2.06. The number of aryl methyl sites for hydroxylation is 1. The second kappa shape index (κ2) is 3.31. The van der Waals surface area contributed by atoms with E-state index in [1.54, 1.807) is 0 Å². The molecular formula is C12H13ClN2. The summed E-state index contributed by atoms with van der Waals surface area (Å²) in [6.45, 7) is 1.90. The second-order valence-corrected chi connectivity index (χ2v) is 4.94. The first-order valence-electron chi connectivity index (χ1n) is 5.42. The van der Waals surface area contributed by atoms with Crippen molar-refractivity contribution in [3.05, 3.63) is 34.9 Å². The van der Waals surface area contributed by atoms with Crippen molar-refractivity contribution in [2.45, 2.75) is 25.7 Å². The molecule has 2 aliphatic rings. The second-order valence-electron chi connectivity index (χ2n) is 4.55. The average molecular weight is 221 g/mol. The molecule has 1 aromatic heterocycles. The molecule has 3 atom stereocenters. The van der Waals surface area contributed by atoms with E-state index >= 15 is 0 Å². The number of hydrogen-bond donors (Lipinski definition) is 0. The Morgan fingerprint density at radius 3 is 2.73 bits per heavy atom. The minimum absolute atomic E-state index is 0.569. The number of rotatable bonds is 1. The summed E-state index contributed by atoms with van der Waals surface area (Å²) in [6, 6.07) is 1.92. The van der Waals surface area contributed by atoms with Crippen LogP contribution in [0.4, 0.5) is 0 Å². The molecule has 1 aromatic rings. The minimum Gasteiger partial charge on any atom is -0.238 e. The highest BCUT2D eigenvalue weighted by Gasteiger charge is 2.37. The first-order valence-corrected chi connectivity index (χ1v) is 5.79. The Morgan fingerprint density at radius 2 is 2.13 bits per heavy atom. The molecule has 1 heterocycles. The molecule has 0 unspecified atom stereocenters. The van der Waals surface area contributed by atoms with Gasteiger partial charge in [0.05, 0.1) is 0 Å². The smallest absolute Gasteiger partial charge is 0.133 e. The van der Waals surface area contributed by atoms with Gasteiger partial charge in [0, 0.05) is 11.6 Å². The summed E-state index contributed by atoms with van der Waals surface area (Å²) in [5.41, 5.74) is 1.13. The van der Waals surface area contributed by atoms with Gasteiger partial charge in [0.1, 0.15) is 11.0 Å². The van der Waals surface area contributed by atoms with E-state index in [0.29, 0.717) is 17.0 Å². The van der Waals surface area contributed by atoms with E-state index in [4.69, 9.17) is 11.6 Å². The van der Waals surface area contributed by atoms with E-state index in [-0.39, 0.29) is 0 Å². The quantitative estimate of drug-likeness (QED) is 0.537. The van der Waals surface area contributed by atoms with Crippen LogP contribution >= 0.6 is 11.6 Å². The fourth-order valence-electron chi connectivity index (χ4n) is 2.86. The molecule has 0 radical (unpaired) electrons. The van der Waals surface area contributed by atoms with Crippen molar-refractivity contribution in [2.75, 3.05) is 0 Å². The van der Waals surface area contributed by atoms with Gasteiger partial charge in [-0.1, -0.05) is 23.8 Å². The van der Waals surface area contributed by atoms with E-state index in [9.17, 15) is 0 Å². The zero-order valence-electron chi connectivity index (χ0n) is 8.65. The molecule has 0 spiro atoms. The molecular weight excluding hydrogens is 208 g/mol. The predicted molar refractivity (Wildman–Crippen MR) is 59.9 cm³/mol. The number of halogens is 1. The fourth-order valence-corrected chi connectivity index (χ4v) is 3.10. The van der Waals surface area contributed by atoms with E-state index in [0.717, 1.165) is 17.4 Å². The topological polar surface area (TPSA) is 25.8 Å². The number of allylic oxidation sites excluding steroid dienone is 2. The van der Waals surface area contributed by atoms with E-state index in [1.165, 1.54) is 12.8 Å². The zero-order chi connectivity index (χ0) is 10.4. The number of fused-ring (bicyclic) bond motifs is 2. The van der Waals surface area contributed by atoms with Crippen LogP contribution in [0.3, 0.4) is 0 Å². The van der Waals surface area contributed by atoms with Crippen LogP contribution in [-0.4, -0.2) is 9.97 Å². The number of nitrogens with zero attached hydrogens (tertiary/aromatic N) is 2. The van der Waals surface area contributed by atoms with Crippen LogP contribution in [0.2, 0.25) is 5.15 Å². The van der Waals surface area contributed by atoms with Crippen LogP contribution in [0.5, 0.6) is 0 Å². The van der Waals surface area contributed by atoms with Gasteiger partial charge in [0.15, 0.2) is 0 Å². The molecule has 0 aromatic carbocycles. The summed E-state index contributed by atoms with van der Waals surface area (Å²) in [7, 11) is 0. The van der Waals surface area contributed by atoms with Crippen molar-refractivity contribution in [3.63, 3.8) is 0 Å². The first-order chi connectivity index (χ1) is 7.22. The largest absolute Gasteiger partial charge is 0.238 e. The predicted octanol–water partition coefficient (Wildman–Crippen LogP) is 3.12. The standard InChI is InChI=1S/C12H13ClN2/c1-7-14-11(6-12(13)15-7)10-5-8-2-3-9(10)4-8/h2-3,6,8-10H,4-5H2,1H3/t8-,9-,10+/m0/s1. The Bertz CT molecular complexity index is 407. The van der Waals surface area contributed by atoms with E-state index in [2.05, 4.69) is 22.1 Å². The van der Waals surface area contributed by atoms with E-state index in [1.807, 2.05) is 13.0 Å². The number of hydrogen-bond acceptors (Lipinski definition) is 2. The fraction of sp³-hybridized carbons (Fsp3) is 0.500. The summed E-state index contributed by atoms with van der Waals surface area (Å²) in [5.74, 6) is 2.80. The van der Waals surface area contributed by atoms with Gasteiger partial charge in [-0.15, -0.1) is 0 Å². The minimum atomic E-state index is 0.569. The highest BCUT2D eigenvalue weighted by Crippen LogP contribution is 2.48. The lowest BCUT2D eigenvalue weighted by Crippen LogP contribution is -2.08. The maximum absolute atomic E-state index is 5.96. The third kappa shape index (κ3) is 1.57. The van der Waals surface area contributed by atoms with Gasteiger partial charge >= 0.3 is 0 Å².